The van der Waals surface area contributed by atoms with E-state index in [2.05, 4.69) is 55.5 Å². The Morgan fingerprint density at radius 1 is 1.30 bits per heavy atom. The number of nitrogens with one attached hydrogen (secondary N) is 1. The van der Waals surface area contributed by atoms with Crippen molar-refractivity contribution in [3.05, 3.63) is 29.8 Å². The fraction of sp³-hybridized carbons (Fsp3) is 0.647. The highest BCUT2D eigenvalue weighted by Gasteiger charge is 2.18. The van der Waals surface area contributed by atoms with Crippen molar-refractivity contribution in [2.45, 2.75) is 32.2 Å². The van der Waals surface area contributed by atoms with Crippen molar-refractivity contribution < 1.29 is 4.74 Å². The number of hydrogen-bond acceptors (Lipinski definition) is 3. The number of piperidine rings is 1. The molecule has 1 saturated heterocycles. The Morgan fingerprint density at radius 2 is 2.15 bits per heavy atom. The van der Waals surface area contributed by atoms with Crippen LogP contribution in [0.1, 0.15) is 37.8 Å². The van der Waals surface area contributed by atoms with Crippen LogP contribution in [0.2, 0.25) is 0 Å². The zero-order chi connectivity index (χ0) is 14.4. The maximum atomic E-state index is 5.85. The van der Waals surface area contributed by atoms with E-state index in [1.165, 1.54) is 18.4 Å². The van der Waals surface area contributed by atoms with Crippen molar-refractivity contribution in [2.24, 2.45) is 5.92 Å². The van der Waals surface area contributed by atoms with Gasteiger partial charge in [-0.1, -0.05) is 19.1 Å². The summed E-state index contributed by atoms with van der Waals surface area (Å²) < 4.78 is 5.85. The first-order valence-corrected chi connectivity index (χ1v) is 7.76. The third kappa shape index (κ3) is 4.80. The monoisotopic (exact) mass is 276 g/mol. The van der Waals surface area contributed by atoms with Crippen LogP contribution in [0.4, 0.5) is 0 Å². The summed E-state index contributed by atoms with van der Waals surface area (Å²) in [5.74, 6) is 1.80. The van der Waals surface area contributed by atoms with E-state index in [-0.39, 0.29) is 0 Å². The first-order chi connectivity index (χ1) is 9.65. The Morgan fingerprint density at radius 3 is 2.85 bits per heavy atom. The lowest BCUT2D eigenvalue weighted by Gasteiger charge is -2.28. The topological polar surface area (TPSA) is 24.5 Å². The van der Waals surface area contributed by atoms with Gasteiger partial charge >= 0.3 is 0 Å². The van der Waals surface area contributed by atoms with E-state index >= 15 is 0 Å². The maximum Gasteiger partial charge on any atom is 0.119 e. The van der Waals surface area contributed by atoms with E-state index in [0.29, 0.717) is 6.04 Å². The van der Waals surface area contributed by atoms with Gasteiger partial charge in [0.1, 0.15) is 5.75 Å². The van der Waals surface area contributed by atoms with Gasteiger partial charge in [0, 0.05) is 12.6 Å². The molecule has 1 aliphatic heterocycles. The fourth-order valence-corrected chi connectivity index (χ4v) is 2.68. The normalized spacial score (nSPS) is 23.0. The quantitative estimate of drug-likeness (QED) is 0.808. The van der Waals surface area contributed by atoms with Crippen molar-refractivity contribution in [2.75, 3.05) is 33.8 Å². The average molecular weight is 276 g/mol. The Hall–Kier alpha value is -1.06. The predicted molar refractivity (Wildman–Crippen MR) is 84.2 cm³/mol. The molecule has 2 rings (SSSR count). The minimum absolute atomic E-state index is 0.497. The molecule has 1 aliphatic rings. The zero-order valence-corrected chi connectivity index (χ0v) is 13.1. The Labute approximate surface area is 123 Å². The summed E-state index contributed by atoms with van der Waals surface area (Å²) in [6.45, 7) is 5.30. The molecular formula is C17H28N2O. The Bertz CT molecular complexity index is 398. The summed E-state index contributed by atoms with van der Waals surface area (Å²) in [6.07, 6.45) is 3.60. The Balaban J connectivity index is 1.84. The molecule has 3 nitrogen and oxygen atoms in total. The summed E-state index contributed by atoms with van der Waals surface area (Å²) in [5.41, 5.74) is 1.36. The van der Waals surface area contributed by atoms with Crippen LogP contribution in [-0.2, 0) is 0 Å². The molecule has 1 aromatic rings. The first-order valence-electron chi connectivity index (χ1n) is 7.76. The van der Waals surface area contributed by atoms with Crippen molar-refractivity contribution in [1.29, 1.82) is 0 Å². The molecule has 1 N–H and O–H groups in total. The van der Waals surface area contributed by atoms with Gasteiger partial charge in [0.15, 0.2) is 0 Å². The summed E-state index contributed by atoms with van der Waals surface area (Å²) in [6, 6.07) is 9.07. The van der Waals surface area contributed by atoms with Gasteiger partial charge in [-0.05, 0) is 63.5 Å². The van der Waals surface area contributed by atoms with Crippen molar-refractivity contribution in [1.82, 2.24) is 10.2 Å². The molecule has 0 bridgehead atoms. The third-order valence-electron chi connectivity index (χ3n) is 3.94. The largest absolute Gasteiger partial charge is 0.494 e. The lowest BCUT2D eigenvalue weighted by molar-refractivity contribution is 0.280. The van der Waals surface area contributed by atoms with E-state index in [4.69, 9.17) is 4.74 Å². The van der Waals surface area contributed by atoms with Crippen molar-refractivity contribution in [3.8, 4) is 5.75 Å². The molecule has 1 heterocycles. The highest BCUT2D eigenvalue weighted by Crippen LogP contribution is 2.27. The standard InChI is InChI=1S/C17H28N2O/c1-14-8-9-17(18-13-14)15-6-4-7-16(12-15)20-11-5-10-19(2)3/h4,6-7,12,14,17-18H,5,8-11,13H2,1-3H3/t14-,17+/m0/s1. The van der Waals surface area contributed by atoms with Crippen molar-refractivity contribution in [3.63, 3.8) is 0 Å². The molecule has 20 heavy (non-hydrogen) atoms. The van der Waals surface area contributed by atoms with Crippen LogP contribution < -0.4 is 10.1 Å². The number of rotatable bonds is 6. The van der Waals surface area contributed by atoms with Gasteiger partial charge in [-0.2, -0.15) is 0 Å². The molecular weight excluding hydrogens is 248 g/mol. The highest BCUT2D eigenvalue weighted by atomic mass is 16.5. The number of nitrogens with zero attached hydrogens (tertiary/aromatic N) is 1. The van der Waals surface area contributed by atoms with E-state index < -0.39 is 0 Å². The summed E-state index contributed by atoms with van der Waals surface area (Å²) >= 11 is 0. The van der Waals surface area contributed by atoms with Gasteiger partial charge in [0.2, 0.25) is 0 Å². The minimum Gasteiger partial charge on any atom is -0.494 e. The second-order valence-electron chi connectivity index (χ2n) is 6.22. The third-order valence-corrected chi connectivity index (χ3v) is 3.94. The second kappa shape index (κ2) is 7.65. The van der Waals surface area contributed by atoms with E-state index in [0.717, 1.165) is 37.8 Å². The van der Waals surface area contributed by atoms with Gasteiger partial charge in [-0.15, -0.1) is 0 Å². The van der Waals surface area contributed by atoms with Crippen LogP contribution in [0.25, 0.3) is 0 Å². The van der Waals surface area contributed by atoms with E-state index in [9.17, 15) is 0 Å². The molecule has 1 fully saturated rings. The molecule has 2 atom stereocenters. The average Bonchev–Trinajstić information content (AvgIpc) is 2.44. The Kier molecular flexibility index (Phi) is 5.86. The first kappa shape index (κ1) is 15.3. The van der Waals surface area contributed by atoms with Gasteiger partial charge in [-0.25, -0.2) is 0 Å². The van der Waals surface area contributed by atoms with E-state index in [1.807, 2.05) is 0 Å². The summed E-state index contributed by atoms with van der Waals surface area (Å²) in [5, 5.41) is 3.63. The molecule has 0 amide bonds. The van der Waals surface area contributed by atoms with Gasteiger partial charge in [-0.3, -0.25) is 0 Å². The summed E-state index contributed by atoms with van der Waals surface area (Å²) in [4.78, 5) is 2.19. The van der Waals surface area contributed by atoms with E-state index in [1.54, 1.807) is 0 Å². The lowest BCUT2D eigenvalue weighted by Crippen LogP contribution is -2.31. The lowest BCUT2D eigenvalue weighted by atomic mass is 9.92. The van der Waals surface area contributed by atoms with Crippen LogP contribution in [0.15, 0.2) is 24.3 Å². The van der Waals surface area contributed by atoms with Crippen molar-refractivity contribution >= 4 is 0 Å². The van der Waals surface area contributed by atoms with Crippen LogP contribution >= 0.6 is 0 Å². The van der Waals surface area contributed by atoms with Crippen LogP contribution in [0, 0.1) is 5.92 Å². The van der Waals surface area contributed by atoms with Crippen LogP contribution in [0.3, 0.4) is 0 Å². The fourth-order valence-electron chi connectivity index (χ4n) is 2.68. The molecule has 0 radical (unpaired) electrons. The summed E-state index contributed by atoms with van der Waals surface area (Å²) in [7, 11) is 4.19. The number of hydrogen-bond donors (Lipinski definition) is 1. The molecule has 0 saturated carbocycles. The van der Waals surface area contributed by atoms with Gasteiger partial charge in [0.25, 0.3) is 0 Å². The SMILES string of the molecule is C[C@H]1CC[C@H](c2cccc(OCCCN(C)C)c2)NC1. The van der Waals surface area contributed by atoms with Crippen LogP contribution in [-0.4, -0.2) is 38.7 Å². The zero-order valence-electron chi connectivity index (χ0n) is 13.1. The molecule has 0 spiro atoms. The van der Waals surface area contributed by atoms with Gasteiger partial charge in [0.05, 0.1) is 6.61 Å². The molecule has 0 aliphatic carbocycles. The van der Waals surface area contributed by atoms with Gasteiger partial charge < -0.3 is 15.0 Å². The number of ether oxygens (including phenoxy) is 1. The predicted octanol–water partition coefficient (Wildman–Crippen LogP) is 3.08. The molecule has 112 valence electrons. The smallest absolute Gasteiger partial charge is 0.119 e. The highest BCUT2D eigenvalue weighted by molar-refractivity contribution is 5.30. The second-order valence-corrected chi connectivity index (χ2v) is 6.22. The molecule has 0 unspecified atom stereocenters. The molecule has 3 heteroatoms. The molecule has 0 aromatic heterocycles. The minimum atomic E-state index is 0.497. The number of benzene rings is 1. The van der Waals surface area contributed by atoms with Crippen LogP contribution in [0.5, 0.6) is 5.75 Å². The molecule has 1 aromatic carbocycles. The maximum absolute atomic E-state index is 5.85.